The number of hydrogen-bond acceptors (Lipinski definition) is 4. The highest BCUT2D eigenvalue weighted by atomic mass is 15.3. The van der Waals surface area contributed by atoms with E-state index in [1.807, 2.05) is 18.5 Å². The highest BCUT2D eigenvalue weighted by molar-refractivity contribution is 5.29. The van der Waals surface area contributed by atoms with E-state index in [4.69, 9.17) is 0 Å². The quantitative estimate of drug-likeness (QED) is 0.905. The molecule has 2 aliphatic rings. The van der Waals surface area contributed by atoms with Crippen molar-refractivity contribution >= 4 is 5.95 Å². The summed E-state index contributed by atoms with van der Waals surface area (Å²) in [5.41, 5.74) is 0. The van der Waals surface area contributed by atoms with Crippen molar-refractivity contribution in [1.29, 1.82) is 0 Å². The topological polar surface area (TPSA) is 41.0 Å². The van der Waals surface area contributed by atoms with Gasteiger partial charge in [0.15, 0.2) is 0 Å². The van der Waals surface area contributed by atoms with Crippen LogP contribution in [0.25, 0.3) is 0 Å². The van der Waals surface area contributed by atoms with Gasteiger partial charge in [-0.15, -0.1) is 0 Å². The van der Waals surface area contributed by atoms with E-state index < -0.39 is 0 Å². The van der Waals surface area contributed by atoms with E-state index in [0.717, 1.165) is 31.0 Å². The van der Waals surface area contributed by atoms with Crippen molar-refractivity contribution in [3.63, 3.8) is 0 Å². The Labute approximate surface area is 115 Å². The molecule has 2 unspecified atom stereocenters. The largest absolute Gasteiger partial charge is 0.341 e. The number of rotatable bonds is 3. The second-order valence-electron chi connectivity index (χ2n) is 5.99. The van der Waals surface area contributed by atoms with Crippen molar-refractivity contribution in [2.45, 2.75) is 51.1 Å². The summed E-state index contributed by atoms with van der Waals surface area (Å²) in [5.74, 6) is 1.74. The predicted molar refractivity (Wildman–Crippen MR) is 77.2 cm³/mol. The van der Waals surface area contributed by atoms with E-state index in [9.17, 15) is 0 Å². The van der Waals surface area contributed by atoms with Crippen molar-refractivity contribution < 1.29 is 0 Å². The van der Waals surface area contributed by atoms with Gasteiger partial charge in [0.05, 0.1) is 0 Å². The minimum atomic E-state index is 0.686. The third-order valence-corrected chi connectivity index (χ3v) is 4.64. The smallest absolute Gasteiger partial charge is 0.225 e. The Morgan fingerprint density at radius 1 is 1.11 bits per heavy atom. The maximum atomic E-state index is 4.34. The monoisotopic (exact) mass is 260 g/mol. The van der Waals surface area contributed by atoms with Crippen LogP contribution >= 0.6 is 0 Å². The minimum Gasteiger partial charge on any atom is -0.341 e. The number of aromatic nitrogens is 2. The van der Waals surface area contributed by atoms with E-state index in [0.29, 0.717) is 6.04 Å². The van der Waals surface area contributed by atoms with Gasteiger partial charge in [-0.25, -0.2) is 9.97 Å². The van der Waals surface area contributed by atoms with Crippen LogP contribution < -0.4 is 10.2 Å². The van der Waals surface area contributed by atoms with Gasteiger partial charge in [0.2, 0.25) is 5.95 Å². The van der Waals surface area contributed by atoms with Crippen LogP contribution in [0.15, 0.2) is 18.5 Å². The third-order valence-electron chi connectivity index (χ3n) is 4.64. The predicted octanol–water partition coefficient (Wildman–Crippen LogP) is 2.22. The molecule has 19 heavy (non-hydrogen) atoms. The van der Waals surface area contributed by atoms with E-state index in [-0.39, 0.29) is 0 Å². The molecule has 2 heterocycles. The van der Waals surface area contributed by atoms with Crippen LogP contribution in [0.1, 0.15) is 39.0 Å². The number of nitrogens with one attached hydrogen (secondary N) is 1. The first-order chi connectivity index (χ1) is 9.33. The van der Waals surface area contributed by atoms with Gasteiger partial charge in [0, 0.05) is 37.6 Å². The average Bonchev–Trinajstić information content (AvgIpc) is 2.86. The minimum absolute atomic E-state index is 0.686. The molecule has 2 atom stereocenters. The van der Waals surface area contributed by atoms with Crippen molar-refractivity contribution in [1.82, 2.24) is 15.3 Å². The fourth-order valence-corrected chi connectivity index (χ4v) is 3.40. The molecule has 3 rings (SSSR count). The van der Waals surface area contributed by atoms with Gasteiger partial charge >= 0.3 is 0 Å². The zero-order chi connectivity index (χ0) is 13.1. The van der Waals surface area contributed by atoms with E-state index in [1.165, 1.54) is 32.1 Å². The van der Waals surface area contributed by atoms with Gasteiger partial charge in [0.25, 0.3) is 0 Å². The molecule has 0 aromatic carbocycles. The lowest BCUT2D eigenvalue weighted by Crippen LogP contribution is -2.47. The fourth-order valence-electron chi connectivity index (χ4n) is 3.40. The van der Waals surface area contributed by atoms with Crippen LogP contribution in [0.2, 0.25) is 0 Å². The van der Waals surface area contributed by atoms with E-state index in [1.54, 1.807) is 0 Å². The first-order valence-corrected chi connectivity index (χ1v) is 7.61. The number of hydrogen-bond donors (Lipinski definition) is 1. The molecule has 1 aliphatic heterocycles. The van der Waals surface area contributed by atoms with Crippen LogP contribution in [0.4, 0.5) is 5.95 Å². The summed E-state index contributed by atoms with van der Waals surface area (Å²) in [6, 6.07) is 3.31. The Bertz CT molecular complexity index is 386. The Morgan fingerprint density at radius 3 is 2.47 bits per heavy atom. The molecular formula is C15H24N4. The van der Waals surface area contributed by atoms with Crippen LogP contribution in [0.5, 0.6) is 0 Å². The summed E-state index contributed by atoms with van der Waals surface area (Å²) in [6.07, 6.45) is 10.2. The molecule has 2 fully saturated rings. The molecule has 1 N–H and O–H groups in total. The molecule has 104 valence electrons. The van der Waals surface area contributed by atoms with Gasteiger partial charge in [-0.3, -0.25) is 0 Å². The van der Waals surface area contributed by atoms with Crippen LogP contribution in [0.3, 0.4) is 0 Å². The zero-order valence-corrected chi connectivity index (χ0v) is 11.8. The van der Waals surface area contributed by atoms with Gasteiger partial charge < -0.3 is 10.2 Å². The summed E-state index contributed by atoms with van der Waals surface area (Å²) in [6.45, 7) is 4.53. The summed E-state index contributed by atoms with van der Waals surface area (Å²) < 4.78 is 0. The summed E-state index contributed by atoms with van der Waals surface area (Å²) in [5, 5.41) is 3.87. The average molecular weight is 260 g/mol. The summed E-state index contributed by atoms with van der Waals surface area (Å²) in [7, 11) is 0. The lowest BCUT2D eigenvalue weighted by atomic mass is 10.0. The Morgan fingerprint density at radius 2 is 1.84 bits per heavy atom. The summed E-state index contributed by atoms with van der Waals surface area (Å²) in [4.78, 5) is 11.0. The zero-order valence-electron chi connectivity index (χ0n) is 11.8. The van der Waals surface area contributed by atoms with Gasteiger partial charge in [0.1, 0.15) is 0 Å². The van der Waals surface area contributed by atoms with Crippen molar-refractivity contribution in [2.75, 3.05) is 18.0 Å². The lowest BCUT2D eigenvalue weighted by molar-refractivity contribution is 0.329. The van der Waals surface area contributed by atoms with Crippen LogP contribution in [-0.4, -0.2) is 35.1 Å². The molecule has 1 aromatic heterocycles. The summed E-state index contributed by atoms with van der Waals surface area (Å²) >= 11 is 0. The molecule has 0 spiro atoms. The van der Waals surface area contributed by atoms with Crippen molar-refractivity contribution in [2.24, 2.45) is 5.92 Å². The van der Waals surface area contributed by atoms with Crippen molar-refractivity contribution in [3.8, 4) is 0 Å². The highest BCUT2D eigenvalue weighted by Gasteiger charge is 2.27. The number of anilines is 1. The van der Waals surface area contributed by atoms with Crippen molar-refractivity contribution in [3.05, 3.63) is 18.5 Å². The third kappa shape index (κ3) is 3.06. The molecule has 1 aliphatic carbocycles. The highest BCUT2D eigenvalue weighted by Crippen LogP contribution is 2.26. The van der Waals surface area contributed by atoms with Gasteiger partial charge in [-0.05, 0) is 37.7 Å². The molecule has 0 amide bonds. The fraction of sp³-hybridized carbons (Fsp3) is 0.733. The normalized spacial score (nSPS) is 28.8. The SMILES string of the molecule is CC1CCCC1NC1CCN(c2ncccn2)CC1. The first-order valence-electron chi connectivity index (χ1n) is 7.61. The van der Waals surface area contributed by atoms with E-state index in [2.05, 4.69) is 27.1 Å². The Kier molecular flexibility index (Phi) is 3.97. The van der Waals surface area contributed by atoms with Crippen LogP contribution in [-0.2, 0) is 0 Å². The van der Waals surface area contributed by atoms with Gasteiger partial charge in [-0.2, -0.15) is 0 Å². The second-order valence-corrected chi connectivity index (χ2v) is 5.99. The maximum Gasteiger partial charge on any atom is 0.225 e. The molecular weight excluding hydrogens is 236 g/mol. The molecule has 1 saturated carbocycles. The molecule has 4 nitrogen and oxygen atoms in total. The molecule has 0 radical (unpaired) electrons. The molecule has 1 aromatic rings. The first kappa shape index (κ1) is 12.9. The Balaban J connectivity index is 1.49. The molecule has 4 heteroatoms. The second kappa shape index (κ2) is 5.87. The number of piperidine rings is 1. The number of nitrogens with zero attached hydrogens (tertiary/aromatic N) is 3. The molecule has 0 bridgehead atoms. The van der Waals surface area contributed by atoms with E-state index >= 15 is 0 Å². The van der Waals surface area contributed by atoms with Crippen LogP contribution in [0, 0.1) is 5.92 Å². The Hall–Kier alpha value is -1.16. The maximum absolute atomic E-state index is 4.34. The van der Waals surface area contributed by atoms with Gasteiger partial charge in [-0.1, -0.05) is 13.3 Å². The molecule has 1 saturated heterocycles. The lowest BCUT2D eigenvalue weighted by Gasteiger charge is -2.34. The standard InChI is InChI=1S/C15H24N4/c1-12-4-2-5-14(12)18-13-6-10-19(11-7-13)15-16-8-3-9-17-15/h3,8-9,12-14,18H,2,4-7,10-11H2,1H3.